The van der Waals surface area contributed by atoms with E-state index in [0.29, 0.717) is 13.1 Å². The Morgan fingerprint density at radius 3 is 2.62 bits per heavy atom. The summed E-state index contributed by atoms with van der Waals surface area (Å²) in [6, 6.07) is 7.54. The molecule has 3 atom stereocenters. The second kappa shape index (κ2) is 5.48. The van der Waals surface area contributed by atoms with Crippen LogP contribution < -0.4 is 5.32 Å². The summed E-state index contributed by atoms with van der Waals surface area (Å²) in [5.41, 5.74) is 1.66. The van der Waals surface area contributed by atoms with Crippen molar-refractivity contribution >= 4 is 17.5 Å². The number of hydrogen-bond acceptors (Lipinski definition) is 3. The Kier molecular flexibility index (Phi) is 3.68. The summed E-state index contributed by atoms with van der Waals surface area (Å²) in [5.74, 6) is -0.451. The lowest BCUT2D eigenvalue weighted by Gasteiger charge is -2.38. The van der Waals surface area contributed by atoms with Crippen molar-refractivity contribution in [2.75, 3.05) is 18.4 Å². The molecule has 21 heavy (non-hydrogen) atoms. The van der Waals surface area contributed by atoms with Crippen LogP contribution in [-0.4, -0.2) is 42.0 Å². The van der Waals surface area contributed by atoms with Crippen molar-refractivity contribution in [1.82, 2.24) is 4.90 Å². The standard InChI is InChI=1S/C16H20N2O3/c1-10-8-18(9-11(2)21-10)16(20)13-7-15(19)17-14-6-4-3-5-12(13)14/h3-6,10-11,13H,7-9H2,1-2H3,(H,17,19). The van der Waals surface area contributed by atoms with Crippen LogP contribution in [0.4, 0.5) is 5.69 Å². The summed E-state index contributed by atoms with van der Waals surface area (Å²) < 4.78 is 5.67. The number of amides is 2. The highest BCUT2D eigenvalue weighted by Gasteiger charge is 2.35. The molecule has 1 aromatic rings. The van der Waals surface area contributed by atoms with Gasteiger partial charge in [-0.1, -0.05) is 18.2 Å². The Morgan fingerprint density at radius 1 is 1.24 bits per heavy atom. The molecule has 112 valence electrons. The van der Waals surface area contributed by atoms with Gasteiger partial charge in [-0.05, 0) is 25.5 Å². The van der Waals surface area contributed by atoms with Crippen molar-refractivity contribution in [2.24, 2.45) is 0 Å². The van der Waals surface area contributed by atoms with E-state index < -0.39 is 0 Å². The molecule has 2 aliphatic heterocycles. The normalized spacial score (nSPS) is 28.8. The first-order chi connectivity index (χ1) is 10.0. The summed E-state index contributed by atoms with van der Waals surface area (Å²) in [6.45, 7) is 5.11. The molecule has 2 heterocycles. The summed E-state index contributed by atoms with van der Waals surface area (Å²) in [5, 5.41) is 2.83. The molecule has 0 radical (unpaired) electrons. The van der Waals surface area contributed by atoms with Gasteiger partial charge in [0.2, 0.25) is 11.8 Å². The van der Waals surface area contributed by atoms with Crippen molar-refractivity contribution in [2.45, 2.75) is 38.4 Å². The minimum Gasteiger partial charge on any atom is -0.372 e. The number of benzene rings is 1. The second-order valence-electron chi connectivity index (χ2n) is 5.89. The molecular formula is C16H20N2O3. The molecule has 3 rings (SSSR count). The number of para-hydroxylation sites is 1. The third kappa shape index (κ3) is 2.78. The summed E-state index contributed by atoms with van der Waals surface area (Å²) >= 11 is 0. The largest absolute Gasteiger partial charge is 0.372 e. The van der Waals surface area contributed by atoms with E-state index in [1.807, 2.05) is 43.0 Å². The first kappa shape index (κ1) is 14.1. The zero-order chi connectivity index (χ0) is 15.0. The van der Waals surface area contributed by atoms with E-state index in [4.69, 9.17) is 4.74 Å². The van der Waals surface area contributed by atoms with Crippen LogP contribution in [0, 0.1) is 0 Å². The Bertz CT molecular complexity index is 562. The van der Waals surface area contributed by atoms with Gasteiger partial charge in [0.15, 0.2) is 0 Å². The molecule has 0 bridgehead atoms. The monoisotopic (exact) mass is 288 g/mol. The molecule has 2 amide bonds. The number of nitrogens with zero attached hydrogens (tertiary/aromatic N) is 1. The highest BCUT2D eigenvalue weighted by Crippen LogP contribution is 2.33. The summed E-state index contributed by atoms with van der Waals surface area (Å²) in [4.78, 5) is 26.5. The number of carbonyl (C=O) groups is 2. The van der Waals surface area contributed by atoms with Gasteiger partial charge < -0.3 is 15.0 Å². The topological polar surface area (TPSA) is 58.6 Å². The average molecular weight is 288 g/mol. The zero-order valence-corrected chi connectivity index (χ0v) is 12.3. The number of anilines is 1. The van der Waals surface area contributed by atoms with Crippen LogP contribution in [0.15, 0.2) is 24.3 Å². The molecule has 1 aromatic carbocycles. The average Bonchev–Trinajstić information content (AvgIpc) is 2.44. The summed E-state index contributed by atoms with van der Waals surface area (Å²) in [6.07, 6.45) is 0.284. The van der Waals surface area contributed by atoms with Crippen LogP contribution in [0.1, 0.15) is 31.7 Å². The van der Waals surface area contributed by atoms with Crippen LogP contribution in [0.25, 0.3) is 0 Å². The van der Waals surface area contributed by atoms with Crippen molar-refractivity contribution in [3.63, 3.8) is 0 Å². The molecule has 1 N–H and O–H groups in total. The van der Waals surface area contributed by atoms with E-state index in [-0.39, 0.29) is 36.4 Å². The van der Waals surface area contributed by atoms with E-state index in [1.54, 1.807) is 0 Å². The van der Waals surface area contributed by atoms with Crippen LogP contribution in [0.2, 0.25) is 0 Å². The van der Waals surface area contributed by atoms with Gasteiger partial charge in [0.25, 0.3) is 0 Å². The molecule has 1 saturated heterocycles. The lowest BCUT2D eigenvalue weighted by Crippen LogP contribution is -2.50. The van der Waals surface area contributed by atoms with Crippen LogP contribution in [0.3, 0.4) is 0 Å². The lowest BCUT2D eigenvalue weighted by molar-refractivity contribution is -0.145. The quantitative estimate of drug-likeness (QED) is 0.856. The Morgan fingerprint density at radius 2 is 1.90 bits per heavy atom. The third-order valence-corrected chi connectivity index (χ3v) is 4.03. The van der Waals surface area contributed by atoms with Crippen LogP contribution in [0.5, 0.6) is 0 Å². The fourth-order valence-corrected chi connectivity index (χ4v) is 3.21. The summed E-state index contributed by atoms with van der Waals surface area (Å²) in [7, 11) is 0. The van der Waals surface area contributed by atoms with Crippen LogP contribution in [-0.2, 0) is 14.3 Å². The van der Waals surface area contributed by atoms with E-state index in [2.05, 4.69) is 5.32 Å². The maximum atomic E-state index is 12.8. The van der Waals surface area contributed by atoms with E-state index in [9.17, 15) is 9.59 Å². The molecule has 2 aliphatic rings. The fraction of sp³-hybridized carbons (Fsp3) is 0.500. The molecule has 0 spiro atoms. The number of rotatable bonds is 1. The minimum absolute atomic E-state index is 0.0271. The predicted octanol–water partition coefficient (Wildman–Crippen LogP) is 1.75. The zero-order valence-electron chi connectivity index (χ0n) is 12.3. The maximum absolute atomic E-state index is 12.8. The van der Waals surface area contributed by atoms with Gasteiger partial charge in [0.05, 0.1) is 18.1 Å². The van der Waals surface area contributed by atoms with Crippen molar-refractivity contribution in [3.05, 3.63) is 29.8 Å². The van der Waals surface area contributed by atoms with E-state index >= 15 is 0 Å². The van der Waals surface area contributed by atoms with Crippen molar-refractivity contribution in [1.29, 1.82) is 0 Å². The lowest BCUT2D eigenvalue weighted by atomic mass is 9.89. The SMILES string of the molecule is CC1CN(C(=O)C2CC(=O)Nc3ccccc32)CC(C)O1. The number of fused-ring (bicyclic) bond motifs is 1. The number of hydrogen-bond donors (Lipinski definition) is 1. The minimum atomic E-state index is -0.382. The van der Waals surface area contributed by atoms with Crippen molar-refractivity contribution < 1.29 is 14.3 Å². The number of morpholine rings is 1. The highest BCUT2D eigenvalue weighted by molar-refractivity contribution is 6.01. The van der Waals surface area contributed by atoms with Gasteiger partial charge in [0, 0.05) is 25.2 Å². The van der Waals surface area contributed by atoms with Crippen molar-refractivity contribution in [3.8, 4) is 0 Å². The Hall–Kier alpha value is -1.88. The molecule has 0 aliphatic carbocycles. The number of nitrogens with one attached hydrogen (secondary N) is 1. The van der Waals surface area contributed by atoms with E-state index in [1.165, 1.54) is 0 Å². The fourth-order valence-electron chi connectivity index (χ4n) is 3.21. The van der Waals surface area contributed by atoms with Gasteiger partial charge in [-0.2, -0.15) is 0 Å². The molecule has 5 heteroatoms. The predicted molar refractivity (Wildman–Crippen MR) is 79.0 cm³/mol. The first-order valence-electron chi connectivity index (χ1n) is 7.37. The Balaban J connectivity index is 1.86. The van der Waals surface area contributed by atoms with Gasteiger partial charge in [-0.25, -0.2) is 0 Å². The smallest absolute Gasteiger partial charge is 0.230 e. The Labute approximate surface area is 124 Å². The maximum Gasteiger partial charge on any atom is 0.230 e. The molecule has 3 unspecified atom stereocenters. The van der Waals surface area contributed by atoms with Gasteiger partial charge >= 0.3 is 0 Å². The van der Waals surface area contributed by atoms with Gasteiger partial charge in [-0.15, -0.1) is 0 Å². The second-order valence-corrected chi connectivity index (χ2v) is 5.89. The highest BCUT2D eigenvalue weighted by atomic mass is 16.5. The molecule has 5 nitrogen and oxygen atoms in total. The molecule has 1 fully saturated rings. The first-order valence-corrected chi connectivity index (χ1v) is 7.37. The van der Waals surface area contributed by atoms with E-state index in [0.717, 1.165) is 11.3 Å². The molecule has 0 aromatic heterocycles. The van der Waals surface area contributed by atoms with Gasteiger partial charge in [0.1, 0.15) is 0 Å². The molecule has 0 saturated carbocycles. The molecular weight excluding hydrogens is 268 g/mol. The number of carbonyl (C=O) groups excluding carboxylic acids is 2. The van der Waals surface area contributed by atoms with Crippen LogP contribution >= 0.6 is 0 Å². The van der Waals surface area contributed by atoms with Gasteiger partial charge in [-0.3, -0.25) is 9.59 Å². The number of ether oxygens (including phenoxy) is 1. The third-order valence-electron chi connectivity index (χ3n) is 4.03.